The molecule has 0 unspecified atom stereocenters. The molecule has 1 aliphatic heterocycles. The standard InChI is InChI=1S/C16H21N3O6/c1-2-5-19(10-15(21)22)9-14(20)18-16(23)17-11-3-4-12-13(8-11)25-7-6-24-12/h3-4,8H,2,5-7,9-10H2,1H3,(H,21,22)(H2,17,18,20,23). The van der Waals surface area contributed by atoms with Crippen molar-refractivity contribution in [3.05, 3.63) is 18.2 Å². The zero-order chi connectivity index (χ0) is 18.2. The summed E-state index contributed by atoms with van der Waals surface area (Å²) in [5.74, 6) is -0.491. The van der Waals surface area contributed by atoms with Gasteiger partial charge in [-0.1, -0.05) is 6.92 Å². The van der Waals surface area contributed by atoms with Crippen molar-refractivity contribution >= 4 is 23.6 Å². The lowest BCUT2D eigenvalue weighted by atomic mass is 10.2. The minimum Gasteiger partial charge on any atom is -0.486 e. The number of hydrogen-bond donors (Lipinski definition) is 3. The number of nitrogens with one attached hydrogen (secondary N) is 2. The number of carbonyl (C=O) groups excluding carboxylic acids is 2. The summed E-state index contributed by atoms with van der Waals surface area (Å²) >= 11 is 0. The molecule has 0 aromatic heterocycles. The molecule has 0 fully saturated rings. The molecule has 9 heteroatoms. The number of carboxylic acids is 1. The van der Waals surface area contributed by atoms with Gasteiger partial charge in [-0.2, -0.15) is 0 Å². The lowest BCUT2D eigenvalue weighted by molar-refractivity contribution is -0.138. The zero-order valence-corrected chi connectivity index (χ0v) is 13.9. The van der Waals surface area contributed by atoms with Gasteiger partial charge in [0.1, 0.15) is 13.2 Å². The number of hydrogen-bond acceptors (Lipinski definition) is 6. The normalized spacial score (nSPS) is 12.6. The molecule has 1 aromatic carbocycles. The molecule has 1 aliphatic rings. The Kier molecular flexibility index (Phi) is 6.58. The second-order valence-corrected chi connectivity index (χ2v) is 5.47. The van der Waals surface area contributed by atoms with Crippen molar-refractivity contribution in [2.75, 3.05) is 38.2 Å². The van der Waals surface area contributed by atoms with Crippen LogP contribution in [0.25, 0.3) is 0 Å². The molecule has 1 heterocycles. The van der Waals surface area contributed by atoms with E-state index in [1.54, 1.807) is 18.2 Å². The summed E-state index contributed by atoms with van der Waals surface area (Å²) in [7, 11) is 0. The highest BCUT2D eigenvalue weighted by molar-refractivity contribution is 6.02. The molecule has 0 atom stereocenters. The minimum absolute atomic E-state index is 0.172. The molecule has 0 saturated carbocycles. The molecule has 0 spiro atoms. The second kappa shape index (κ2) is 8.88. The third-order valence-electron chi connectivity index (χ3n) is 3.32. The van der Waals surface area contributed by atoms with Crippen LogP contribution in [0.5, 0.6) is 11.5 Å². The van der Waals surface area contributed by atoms with Crippen molar-refractivity contribution in [2.45, 2.75) is 13.3 Å². The van der Waals surface area contributed by atoms with Crippen molar-refractivity contribution in [1.29, 1.82) is 0 Å². The fourth-order valence-corrected chi connectivity index (χ4v) is 2.37. The number of aliphatic carboxylic acids is 1. The topological polar surface area (TPSA) is 117 Å². The largest absolute Gasteiger partial charge is 0.486 e. The summed E-state index contributed by atoms with van der Waals surface area (Å²) in [5.41, 5.74) is 0.450. The SMILES string of the molecule is CCCN(CC(=O)O)CC(=O)NC(=O)Nc1ccc2c(c1)OCCO2. The van der Waals surface area contributed by atoms with Gasteiger partial charge >= 0.3 is 12.0 Å². The van der Waals surface area contributed by atoms with Crippen LogP contribution < -0.4 is 20.1 Å². The van der Waals surface area contributed by atoms with E-state index in [1.807, 2.05) is 6.92 Å². The number of fused-ring (bicyclic) bond motifs is 1. The van der Waals surface area contributed by atoms with Crippen LogP contribution in [0.4, 0.5) is 10.5 Å². The first-order valence-corrected chi connectivity index (χ1v) is 7.92. The molecule has 0 saturated heterocycles. The van der Waals surface area contributed by atoms with E-state index >= 15 is 0 Å². The molecule has 0 radical (unpaired) electrons. The minimum atomic E-state index is -1.03. The molecule has 0 aliphatic carbocycles. The number of anilines is 1. The maximum atomic E-state index is 11.9. The van der Waals surface area contributed by atoms with Gasteiger partial charge in [-0.3, -0.25) is 19.8 Å². The highest BCUT2D eigenvalue weighted by atomic mass is 16.6. The Morgan fingerprint density at radius 2 is 1.88 bits per heavy atom. The Bertz CT molecular complexity index is 649. The van der Waals surface area contributed by atoms with Crippen molar-refractivity contribution in [2.24, 2.45) is 0 Å². The summed E-state index contributed by atoms with van der Waals surface area (Å²) < 4.78 is 10.8. The van der Waals surface area contributed by atoms with E-state index in [1.165, 1.54) is 4.90 Å². The van der Waals surface area contributed by atoms with Gasteiger partial charge in [0.2, 0.25) is 5.91 Å². The van der Waals surface area contributed by atoms with Crippen LogP contribution in [0.2, 0.25) is 0 Å². The molecule has 0 bridgehead atoms. The first-order valence-electron chi connectivity index (χ1n) is 7.92. The molecule has 9 nitrogen and oxygen atoms in total. The Morgan fingerprint density at radius 1 is 1.16 bits per heavy atom. The van der Waals surface area contributed by atoms with Crippen LogP contribution in [0, 0.1) is 0 Å². The monoisotopic (exact) mass is 351 g/mol. The molecular weight excluding hydrogens is 330 g/mol. The number of urea groups is 1. The van der Waals surface area contributed by atoms with Gasteiger partial charge in [-0.05, 0) is 25.1 Å². The van der Waals surface area contributed by atoms with Gasteiger partial charge < -0.3 is 19.9 Å². The predicted octanol–water partition coefficient (Wildman–Crippen LogP) is 0.902. The van der Waals surface area contributed by atoms with Gasteiger partial charge in [-0.25, -0.2) is 4.79 Å². The third-order valence-corrected chi connectivity index (χ3v) is 3.32. The smallest absolute Gasteiger partial charge is 0.325 e. The maximum Gasteiger partial charge on any atom is 0.325 e. The number of imide groups is 1. The van der Waals surface area contributed by atoms with Gasteiger partial charge in [0.25, 0.3) is 0 Å². The summed E-state index contributed by atoms with van der Waals surface area (Å²) in [6.45, 7) is 2.79. The van der Waals surface area contributed by atoms with Crippen molar-refractivity contribution in [3.63, 3.8) is 0 Å². The van der Waals surface area contributed by atoms with Crippen LogP contribution in [0.15, 0.2) is 18.2 Å². The summed E-state index contributed by atoms with van der Waals surface area (Å²) in [6, 6.07) is 4.20. The highest BCUT2D eigenvalue weighted by Gasteiger charge is 2.16. The molecule has 25 heavy (non-hydrogen) atoms. The van der Waals surface area contributed by atoms with Gasteiger partial charge in [0.15, 0.2) is 11.5 Å². The highest BCUT2D eigenvalue weighted by Crippen LogP contribution is 2.32. The van der Waals surface area contributed by atoms with Gasteiger partial charge in [0, 0.05) is 11.8 Å². The fraction of sp³-hybridized carbons (Fsp3) is 0.438. The van der Waals surface area contributed by atoms with Crippen LogP contribution in [-0.4, -0.2) is 60.8 Å². The molecule has 136 valence electrons. The van der Waals surface area contributed by atoms with Crippen LogP contribution in [-0.2, 0) is 9.59 Å². The van der Waals surface area contributed by atoms with E-state index in [-0.39, 0.29) is 13.1 Å². The number of carboxylic acid groups (broad SMARTS) is 1. The zero-order valence-electron chi connectivity index (χ0n) is 13.9. The Balaban J connectivity index is 1.86. The van der Waals surface area contributed by atoms with Crippen molar-refractivity contribution in [1.82, 2.24) is 10.2 Å². The lowest BCUT2D eigenvalue weighted by Gasteiger charge is -2.19. The summed E-state index contributed by atoms with van der Waals surface area (Å²) in [6.07, 6.45) is 0.698. The van der Waals surface area contributed by atoms with E-state index in [9.17, 15) is 14.4 Å². The number of ether oxygens (including phenoxy) is 2. The summed E-state index contributed by atoms with van der Waals surface area (Å²) in [5, 5.41) is 13.5. The molecule has 2 rings (SSSR count). The third kappa shape index (κ3) is 5.96. The number of amides is 3. The van der Waals surface area contributed by atoms with Crippen LogP contribution in [0.3, 0.4) is 0 Å². The van der Waals surface area contributed by atoms with E-state index < -0.39 is 17.9 Å². The lowest BCUT2D eigenvalue weighted by Crippen LogP contribution is -2.43. The van der Waals surface area contributed by atoms with Crippen molar-refractivity contribution in [3.8, 4) is 11.5 Å². The number of carbonyl (C=O) groups is 3. The predicted molar refractivity (Wildman–Crippen MR) is 89.0 cm³/mol. The number of nitrogens with zero attached hydrogens (tertiary/aromatic N) is 1. The maximum absolute atomic E-state index is 11.9. The molecule has 3 amide bonds. The van der Waals surface area contributed by atoms with Crippen molar-refractivity contribution < 1.29 is 29.0 Å². The summed E-state index contributed by atoms with van der Waals surface area (Å²) in [4.78, 5) is 36.0. The molecular formula is C16H21N3O6. The van der Waals surface area contributed by atoms with Gasteiger partial charge in [0.05, 0.1) is 13.1 Å². The number of benzene rings is 1. The van der Waals surface area contributed by atoms with E-state index in [2.05, 4.69) is 10.6 Å². The van der Waals surface area contributed by atoms with E-state index in [0.717, 1.165) is 0 Å². The first kappa shape index (κ1) is 18.5. The Morgan fingerprint density at radius 3 is 2.56 bits per heavy atom. The molecule has 1 aromatic rings. The fourth-order valence-electron chi connectivity index (χ4n) is 2.37. The molecule has 3 N–H and O–H groups in total. The quantitative estimate of drug-likeness (QED) is 0.668. The van der Waals surface area contributed by atoms with Gasteiger partial charge in [-0.15, -0.1) is 0 Å². The van der Waals surface area contributed by atoms with Crippen LogP contribution >= 0.6 is 0 Å². The Labute approximate surface area is 144 Å². The second-order valence-electron chi connectivity index (χ2n) is 5.47. The van der Waals surface area contributed by atoms with E-state index in [0.29, 0.717) is 43.4 Å². The van der Waals surface area contributed by atoms with E-state index in [4.69, 9.17) is 14.6 Å². The Hall–Kier alpha value is -2.81. The average molecular weight is 351 g/mol. The number of rotatable bonds is 7. The first-order chi connectivity index (χ1) is 12.0. The van der Waals surface area contributed by atoms with Crippen LogP contribution in [0.1, 0.15) is 13.3 Å². The average Bonchev–Trinajstić information content (AvgIpc) is 2.54.